The smallest absolute Gasteiger partial charge is 0.140 e. The maximum Gasteiger partial charge on any atom is 0.140 e. The summed E-state index contributed by atoms with van der Waals surface area (Å²) >= 11 is 0. The van der Waals surface area contributed by atoms with Crippen molar-refractivity contribution in [1.29, 1.82) is 0 Å². The number of Topliss-reactive ketones (excluding diaryl/α,β-unsaturated/α-hetero) is 1. The molecule has 0 aliphatic carbocycles. The van der Waals surface area contributed by atoms with E-state index in [0.717, 1.165) is 0 Å². The molecular weight excluding hydrogens is 138 g/mol. The molecule has 0 radical (unpaired) electrons. The molecule has 0 aromatic rings. The number of carbonyl (C=O) groups is 1. The molecule has 0 spiro atoms. The highest BCUT2D eigenvalue weighted by atomic mass is 16.1. The van der Waals surface area contributed by atoms with Crippen LogP contribution in [0.25, 0.3) is 0 Å². The van der Waals surface area contributed by atoms with Crippen LogP contribution in [-0.2, 0) is 4.79 Å². The normalized spacial score (nSPS) is 13.3. The van der Waals surface area contributed by atoms with Gasteiger partial charge >= 0.3 is 0 Å². The van der Waals surface area contributed by atoms with Crippen molar-refractivity contribution in [1.82, 2.24) is 0 Å². The summed E-state index contributed by atoms with van der Waals surface area (Å²) in [5, 5.41) is 0. The van der Waals surface area contributed by atoms with E-state index in [0.29, 0.717) is 6.42 Å². The van der Waals surface area contributed by atoms with Gasteiger partial charge in [-0.2, -0.15) is 0 Å². The largest absolute Gasteiger partial charge is 0.325 e. The SMILES string of the molecule is CCC(=O)C(C)(C)C(C)(C)N. The number of rotatable bonds is 3. The zero-order chi connectivity index (χ0) is 9.28. The Balaban J connectivity index is 4.59. The minimum Gasteiger partial charge on any atom is -0.325 e. The van der Waals surface area contributed by atoms with Crippen molar-refractivity contribution in [2.45, 2.75) is 46.6 Å². The number of nitrogens with two attached hydrogens (primary N) is 1. The second-order valence-electron chi connectivity index (χ2n) is 4.12. The highest BCUT2D eigenvalue weighted by Crippen LogP contribution is 2.30. The van der Waals surface area contributed by atoms with Gasteiger partial charge < -0.3 is 5.73 Å². The first-order chi connectivity index (χ1) is 4.73. The average molecular weight is 157 g/mol. The minimum atomic E-state index is -0.430. The lowest BCUT2D eigenvalue weighted by atomic mass is 9.71. The molecule has 0 amide bonds. The summed E-state index contributed by atoms with van der Waals surface area (Å²) in [5.41, 5.74) is 5.02. The highest BCUT2D eigenvalue weighted by Gasteiger charge is 2.38. The van der Waals surface area contributed by atoms with E-state index < -0.39 is 11.0 Å². The maximum atomic E-state index is 11.4. The predicted octanol–water partition coefficient (Wildman–Crippen LogP) is 1.73. The zero-order valence-electron chi connectivity index (χ0n) is 8.19. The lowest BCUT2D eigenvalue weighted by Gasteiger charge is -2.36. The maximum absolute atomic E-state index is 11.4. The molecule has 0 fully saturated rings. The molecule has 0 bridgehead atoms. The van der Waals surface area contributed by atoms with Gasteiger partial charge in [0.15, 0.2) is 0 Å². The monoisotopic (exact) mass is 157 g/mol. The zero-order valence-corrected chi connectivity index (χ0v) is 8.19. The lowest BCUT2D eigenvalue weighted by Crippen LogP contribution is -2.51. The molecule has 0 unspecified atom stereocenters. The molecule has 0 atom stereocenters. The Labute approximate surface area is 69.2 Å². The van der Waals surface area contributed by atoms with Crippen LogP contribution in [0.5, 0.6) is 0 Å². The number of ketones is 1. The fourth-order valence-electron chi connectivity index (χ4n) is 0.801. The molecule has 0 saturated heterocycles. The summed E-state index contributed by atoms with van der Waals surface area (Å²) < 4.78 is 0. The van der Waals surface area contributed by atoms with Crippen LogP contribution in [0, 0.1) is 5.41 Å². The second kappa shape index (κ2) is 2.94. The second-order valence-corrected chi connectivity index (χ2v) is 4.12. The standard InChI is InChI=1S/C9H19NO/c1-6-7(11)8(2,3)9(4,5)10/h6,10H2,1-5H3. The summed E-state index contributed by atoms with van der Waals surface area (Å²) in [6.45, 7) is 9.45. The third-order valence-electron chi connectivity index (χ3n) is 2.63. The Bertz CT molecular complexity index is 153. The molecule has 0 saturated carbocycles. The van der Waals surface area contributed by atoms with Crippen LogP contribution in [0.1, 0.15) is 41.0 Å². The summed E-state index contributed by atoms with van der Waals surface area (Å²) in [4.78, 5) is 11.4. The van der Waals surface area contributed by atoms with E-state index in [4.69, 9.17) is 5.73 Å². The van der Waals surface area contributed by atoms with E-state index in [1.54, 1.807) is 0 Å². The van der Waals surface area contributed by atoms with Crippen LogP contribution in [-0.4, -0.2) is 11.3 Å². The fourth-order valence-corrected chi connectivity index (χ4v) is 0.801. The van der Waals surface area contributed by atoms with Crippen molar-refractivity contribution in [3.8, 4) is 0 Å². The van der Waals surface area contributed by atoms with Crippen molar-refractivity contribution >= 4 is 5.78 Å². The van der Waals surface area contributed by atoms with Crippen LogP contribution in [0.15, 0.2) is 0 Å². The minimum absolute atomic E-state index is 0.227. The fraction of sp³-hybridized carbons (Fsp3) is 0.889. The quantitative estimate of drug-likeness (QED) is 0.678. The molecule has 0 heterocycles. The predicted molar refractivity (Wildman–Crippen MR) is 47.3 cm³/mol. The Morgan fingerprint density at radius 1 is 1.27 bits per heavy atom. The van der Waals surface area contributed by atoms with Gasteiger partial charge in [-0.05, 0) is 13.8 Å². The highest BCUT2D eigenvalue weighted by molar-refractivity contribution is 5.85. The van der Waals surface area contributed by atoms with Gasteiger partial charge in [-0.25, -0.2) is 0 Å². The van der Waals surface area contributed by atoms with E-state index >= 15 is 0 Å². The molecular formula is C9H19NO. The van der Waals surface area contributed by atoms with Gasteiger partial charge in [0.1, 0.15) is 5.78 Å². The molecule has 0 aromatic carbocycles. The van der Waals surface area contributed by atoms with Gasteiger partial charge in [-0.1, -0.05) is 20.8 Å². The topological polar surface area (TPSA) is 43.1 Å². The van der Waals surface area contributed by atoms with Crippen molar-refractivity contribution in [3.05, 3.63) is 0 Å². The molecule has 2 nitrogen and oxygen atoms in total. The molecule has 0 aliphatic rings. The Hall–Kier alpha value is -0.370. The van der Waals surface area contributed by atoms with Crippen LogP contribution in [0.2, 0.25) is 0 Å². The van der Waals surface area contributed by atoms with Crippen molar-refractivity contribution < 1.29 is 4.79 Å². The summed E-state index contributed by atoms with van der Waals surface area (Å²) in [6.07, 6.45) is 0.563. The van der Waals surface area contributed by atoms with Crippen molar-refractivity contribution in [2.75, 3.05) is 0 Å². The Morgan fingerprint density at radius 3 is 1.73 bits per heavy atom. The van der Waals surface area contributed by atoms with E-state index in [1.165, 1.54) is 0 Å². The first kappa shape index (κ1) is 10.6. The summed E-state index contributed by atoms with van der Waals surface area (Å²) in [6, 6.07) is 0. The molecule has 0 aliphatic heterocycles. The summed E-state index contributed by atoms with van der Waals surface area (Å²) in [7, 11) is 0. The van der Waals surface area contributed by atoms with E-state index in [9.17, 15) is 4.79 Å². The van der Waals surface area contributed by atoms with Crippen LogP contribution in [0.4, 0.5) is 0 Å². The van der Waals surface area contributed by atoms with Crippen LogP contribution >= 0.6 is 0 Å². The number of hydrogen-bond donors (Lipinski definition) is 1. The van der Waals surface area contributed by atoms with Crippen LogP contribution < -0.4 is 5.73 Å². The Kier molecular flexibility index (Phi) is 2.84. The van der Waals surface area contributed by atoms with Crippen molar-refractivity contribution in [2.24, 2.45) is 11.1 Å². The number of carbonyl (C=O) groups excluding carboxylic acids is 1. The average Bonchev–Trinajstić information content (AvgIpc) is 1.83. The summed E-state index contributed by atoms with van der Waals surface area (Å²) in [5.74, 6) is 0.227. The molecule has 0 aromatic heterocycles. The van der Waals surface area contributed by atoms with E-state index in [-0.39, 0.29) is 5.78 Å². The molecule has 66 valence electrons. The first-order valence-corrected chi connectivity index (χ1v) is 4.05. The van der Waals surface area contributed by atoms with E-state index in [1.807, 2.05) is 34.6 Å². The van der Waals surface area contributed by atoms with Gasteiger partial charge in [0.2, 0.25) is 0 Å². The third-order valence-corrected chi connectivity index (χ3v) is 2.63. The molecule has 2 heteroatoms. The van der Waals surface area contributed by atoms with Crippen molar-refractivity contribution in [3.63, 3.8) is 0 Å². The van der Waals surface area contributed by atoms with Gasteiger partial charge in [0.05, 0.1) is 0 Å². The lowest BCUT2D eigenvalue weighted by molar-refractivity contribution is -0.129. The third kappa shape index (κ3) is 2.03. The van der Waals surface area contributed by atoms with Crippen LogP contribution in [0.3, 0.4) is 0 Å². The number of hydrogen-bond acceptors (Lipinski definition) is 2. The first-order valence-electron chi connectivity index (χ1n) is 4.05. The Morgan fingerprint density at radius 2 is 1.64 bits per heavy atom. The molecule has 2 N–H and O–H groups in total. The van der Waals surface area contributed by atoms with Gasteiger partial charge in [0.25, 0.3) is 0 Å². The molecule has 0 rings (SSSR count). The van der Waals surface area contributed by atoms with Gasteiger partial charge in [0, 0.05) is 17.4 Å². The van der Waals surface area contributed by atoms with E-state index in [2.05, 4.69) is 0 Å². The van der Waals surface area contributed by atoms with Gasteiger partial charge in [-0.15, -0.1) is 0 Å². The molecule has 11 heavy (non-hydrogen) atoms. The van der Waals surface area contributed by atoms with Gasteiger partial charge in [-0.3, -0.25) is 4.79 Å².